The van der Waals surface area contributed by atoms with Crippen LogP contribution < -0.4 is 0 Å². The van der Waals surface area contributed by atoms with Crippen LogP contribution in [0.2, 0.25) is 18.1 Å². The molecule has 0 amide bonds. The predicted octanol–water partition coefficient (Wildman–Crippen LogP) is 8.19. The van der Waals surface area contributed by atoms with Gasteiger partial charge in [0.15, 0.2) is 8.32 Å². The van der Waals surface area contributed by atoms with E-state index in [1.807, 2.05) is 26.8 Å². The number of nitro benzene ring substituents is 1. The summed E-state index contributed by atoms with van der Waals surface area (Å²) in [5, 5.41) is 11.9. The number of aryl methyl sites for hydroxylation is 1. The van der Waals surface area contributed by atoms with Gasteiger partial charge in [-0.05, 0) is 54.3 Å². The largest absolute Gasteiger partial charge is 0.414 e. The van der Waals surface area contributed by atoms with Crippen LogP contribution in [-0.2, 0) is 16.3 Å². The third-order valence-electron chi connectivity index (χ3n) is 7.41. The minimum Gasteiger partial charge on any atom is -0.414 e. The molecule has 0 saturated heterocycles. The molecule has 31 heavy (non-hydrogen) atoms. The first-order valence-corrected chi connectivity index (χ1v) is 15.1. The van der Waals surface area contributed by atoms with Gasteiger partial charge in [0.25, 0.3) is 5.69 Å². The van der Waals surface area contributed by atoms with Gasteiger partial charge in [-0.15, -0.1) is 0 Å². The Hall–Kier alpha value is -1.20. The fourth-order valence-corrected chi connectivity index (χ4v) is 5.86. The highest BCUT2D eigenvalue weighted by Crippen LogP contribution is 2.40. The van der Waals surface area contributed by atoms with Gasteiger partial charge < -0.3 is 4.43 Å². The van der Waals surface area contributed by atoms with Gasteiger partial charge in [0, 0.05) is 17.7 Å². The molecule has 1 aliphatic rings. The smallest absolute Gasteiger partial charge is 0.273 e. The standard InChI is InChI=1S/C26H45NO3Si/c1-25(2,3)23-17-15-21(19-24(23)27(28)29)14-16-22(18-20-12-10-9-11-13-20)30-31(7,8)26(4,5)6/h15,17,19-20,22H,9-14,16,18H2,1-8H3/t22-/m1/s1. The summed E-state index contributed by atoms with van der Waals surface area (Å²) in [5.74, 6) is 0.765. The maximum absolute atomic E-state index is 11.7. The Morgan fingerprint density at radius 2 is 1.71 bits per heavy atom. The summed E-state index contributed by atoms with van der Waals surface area (Å²) in [5.41, 5.74) is 1.86. The van der Waals surface area contributed by atoms with Gasteiger partial charge in [0.1, 0.15) is 0 Å². The van der Waals surface area contributed by atoms with Crippen molar-refractivity contribution in [2.45, 2.75) is 123 Å². The molecule has 5 heteroatoms. The monoisotopic (exact) mass is 447 g/mol. The lowest BCUT2D eigenvalue weighted by Crippen LogP contribution is -2.44. The van der Waals surface area contributed by atoms with E-state index in [0.717, 1.165) is 36.3 Å². The van der Waals surface area contributed by atoms with Crippen LogP contribution in [0.4, 0.5) is 5.69 Å². The predicted molar refractivity (Wildman–Crippen MR) is 133 cm³/mol. The summed E-state index contributed by atoms with van der Waals surface area (Å²) >= 11 is 0. The second kappa shape index (κ2) is 10.2. The molecule has 1 aromatic carbocycles. The number of nitro groups is 1. The van der Waals surface area contributed by atoms with Crippen molar-refractivity contribution in [3.8, 4) is 0 Å². The summed E-state index contributed by atoms with van der Waals surface area (Å²) in [6.45, 7) is 17.7. The molecule has 0 radical (unpaired) electrons. The van der Waals surface area contributed by atoms with E-state index in [4.69, 9.17) is 4.43 Å². The first-order chi connectivity index (χ1) is 14.2. The van der Waals surface area contributed by atoms with Crippen molar-refractivity contribution < 1.29 is 9.35 Å². The third kappa shape index (κ3) is 7.42. The summed E-state index contributed by atoms with van der Waals surface area (Å²) in [7, 11) is -1.86. The van der Waals surface area contributed by atoms with Gasteiger partial charge >= 0.3 is 0 Å². The molecule has 0 spiro atoms. The van der Waals surface area contributed by atoms with Crippen molar-refractivity contribution >= 4 is 14.0 Å². The average molecular weight is 448 g/mol. The Kier molecular flexibility index (Phi) is 8.54. The minimum absolute atomic E-state index is 0.185. The molecule has 0 N–H and O–H groups in total. The second-order valence-corrected chi connectivity index (χ2v) is 16.9. The Bertz CT molecular complexity index is 740. The fourth-order valence-electron chi connectivity index (χ4n) is 4.46. The molecule has 1 fully saturated rings. The molecule has 2 rings (SSSR count). The average Bonchev–Trinajstić information content (AvgIpc) is 2.64. The highest BCUT2D eigenvalue weighted by Gasteiger charge is 2.39. The van der Waals surface area contributed by atoms with Gasteiger partial charge in [-0.25, -0.2) is 0 Å². The van der Waals surface area contributed by atoms with E-state index in [1.54, 1.807) is 6.07 Å². The van der Waals surface area contributed by atoms with E-state index in [1.165, 1.54) is 32.1 Å². The van der Waals surface area contributed by atoms with Crippen molar-refractivity contribution in [2.75, 3.05) is 0 Å². The molecule has 4 nitrogen and oxygen atoms in total. The van der Waals surface area contributed by atoms with Crippen molar-refractivity contribution in [1.29, 1.82) is 0 Å². The van der Waals surface area contributed by atoms with Gasteiger partial charge in [-0.2, -0.15) is 0 Å². The maximum Gasteiger partial charge on any atom is 0.273 e. The molecule has 0 heterocycles. The Balaban J connectivity index is 2.18. The van der Waals surface area contributed by atoms with Crippen molar-refractivity contribution in [1.82, 2.24) is 0 Å². The highest BCUT2D eigenvalue weighted by molar-refractivity contribution is 6.74. The van der Waals surface area contributed by atoms with Gasteiger partial charge in [0.2, 0.25) is 0 Å². The van der Waals surface area contributed by atoms with Crippen molar-refractivity contribution in [3.63, 3.8) is 0 Å². The Morgan fingerprint density at radius 1 is 1.10 bits per heavy atom. The molecule has 176 valence electrons. The SMILES string of the molecule is CC(C)(C)c1ccc(CC[C@H](CC2CCCCC2)O[Si](C)(C)C(C)(C)C)cc1[N+](=O)[O-]. The summed E-state index contributed by atoms with van der Waals surface area (Å²) < 4.78 is 6.89. The van der Waals surface area contributed by atoms with Crippen LogP contribution >= 0.6 is 0 Å². The lowest BCUT2D eigenvalue weighted by molar-refractivity contribution is -0.386. The molecule has 0 unspecified atom stereocenters. The maximum atomic E-state index is 11.7. The zero-order valence-electron chi connectivity index (χ0n) is 21.2. The minimum atomic E-state index is -1.86. The van der Waals surface area contributed by atoms with Crippen LogP contribution in [0, 0.1) is 16.0 Å². The van der Waals surface area contributed by atoms with Crippen LogP contribution in [0.5, 0.6) is 0 Å². The number of nitrogens with zero attached hydrogens (tertiary/aromatic N) is 1. The van der Waals surface area contributed by atoms with Gasteiger partial charge in [-0.3, -0.25) is 10.1 Å². The lowest BCUT2D eigenvalue weighted by atomic mass is 9.83. The summed E-state index contributed by atoms with van der Waals surface area (Å²) in [6, 6.07) is 5.83. The van der Waals surface area contributed by atoms with Crippen molar-refractivity contribution in [3.05, 3.63) is 39.4 Å². The second-order valence-electron chi connectivity index (χ2n) is 12.1. The van der Waals surface area contributed by atoms with Crippen LogP contribution in [-0.4, -0.2) is 19.3 Å². The van der Waals surface area contributed by atoms with E-state index in [-0.39, 0.29) is 27.2 Å². The number of hydrogen-bond acceptors (Lipinski definition) is 3. The van der Waals surface area contributed by atoms with Crippen LogP contribution in [0.15, 0.2) is 18.2 Å². The lowest BCUT2D eigenvalue weighted by Gasteiger charge is -2.40. The molecule has 1 aromatic rings. The van der Waals surface area contributed by atoms with E-state index < -0.39 is 8.32 Å². The normalized spacial score (nSPS) is 17.5. The number of rotatable bonds is 8. The Morgan fingerprint density at radius 3 is 2.23 bits per heavy atom. The molecule has 0 aliphatic heterocycles. The first kappa shape index (κ1) is 26.1. The summed E-state index contributed by atoms with van der Waals surface area (Å²) in [4.78, 5) is 11.5. The van der Waals surface area contributed by atoms with E-state index >= 15 is 0 Å². The molecular formula is C26H45NO3Si. The zero-order chi connectivity index (χ0) is 23.4. The number of hydrogen-bond donors (Lipinski definition) is 0. The van der Waals surface area contributed by atoms with E-state index in [0.29, 0.717) is 0 Å². The van der Waals surface area contributed by atoms with Crippen LogP contribution in [0.1, 0.15) is 97.6 Å². The topological polar surface area (TPSA) is 52.4 Å². The zero-order valence-corrected chi connectivity index (χ0v) is 22.2. The third-order valence-corrected chi connectivity index (χ3v) is 11.9. The quantitative estimate of drug-likeness (QED) is 0.229. The molecular weight excluding hydrogens is 402 g/mol. The van der Waals surface area contributed by atoms with Crippen LogP contribution in [0.25, 0.3) is 0 Å². The molecule has 0 bridgehead atoms. The highest BCUT2D eigenvalue weighted by atomic mass is 28.4. The summed E-state index contributed by atoms with van der Waals surface area (Å²) in [6.07, 6.45) is 9.85. The van der Waals surface area contributed by atoms with Crippen LogP contribution in [0.3, 0.4) is 0 Å². The first-order valence-electron chi connectivity index (χ1n) is 12.2. The fraction of sp³-hybridized carbons (Fsp3) is 0.769. The van der Waals surface area contributed by atoms with Gasteiger partial charge in [0.05, 0.1) is 4.92 Å². The Labute approximate surface area is 191 Å². The van der Waals surface area contributed by atoms with Gasteiger partial charge in [-0.1, -0.05) is 85.8 Å². The van der Waals surface area contributed by atoms with Crippen molar-refractivity contribution in [2.24, 2.45) is 5.92 Å². The molecule has 1 saturated carbocycles. The molecule has 0 aromatic heterocycles. The molecule has 1 atom stereocenters. The van der Waals surface area contributed by atoms with E-state index in [2.05, 4.69) is 39.9 Å². The number of benzene rings is 1. The molecule has 1 aliphatic carbocycles. The van der Waals surface area contributed by atoms with E-state index in [9.17, 15) is 10.1 Å².